The number of hydrogen-bond acceptors (Lipinski definition) is 8. The van der Waals surface area contributed by atoms with Crippen molar-refractivity contribution >= 4 is 23.4 Å². The fraction of sp³-hybridized carbons (Fsp3) is 0.286. The van der Waals surface area contributed by atoms with E-state index in [1.165, 1.54) is 16.4 Å². The Bertz CT molecular complexity index is 845. The van der Waals surface area contributed by atoms with E-state index >= 15 is 0 Å². The SMILES string of the molecule is Cc1noc(Cc2ccccc2NC(=O)CSc2nnnn2C)n1. The van der Waals surface area contributed by atoms with Crippen LogP contribution in [0.3, 0.4) is 0 Å². The van der Waals surface area contributed by atoms with Gasteiger partial charge in [0.1, 0.15) is 0 Å². The molecule has 1 aromatic carbocycles. The van der Waals surface area contributed by atoms with Crippen molar-refractivity contribution in [1.29, 1.82) is 0 Å². The molecule has 1 amide bonds. The summed E-state index contributed by atoms with van der Waals surface area (Å²) in [5, 5.41) is 18.3. The average molecular weight is 345 g/mol. The number of hydrogen-bond donors (Lipinski definition) is 1. The monoisotopic (exact) mass is 345 g/mol. The number of thioether (sulfide) groups is 1. The van der Waals surface area contributed by atoms with Gasteiger partial charge in [0.15, 0.2) is 5.82 Å². The molecule has 0 aliphatic rings. The van der Waals surface area contributed by atoms with E-state index < -0.39 is 0 Å². The smallest absolute Gasteiger partial charge is 0.234 e. The zero-order valence-electron chi connectivity index (χ0n) is 13.1. The Kier molecular flexibility index (Phi) is 4.85. The number of para-hydroxylation sites is 1. The highest BCUT2D eigenvalue weighted by atomic mass is 32.2. The molecule has 0 aliphatic heterocycles. The summed E-state index contributed by atoms with van der Waals surface area (Å²) < 4.78 is 6.65. The van der Waals surface area contributed by atoms with E-state index in [2.05, 4.69) is 31.0 Å². The minimum atomic E-state index is -0.142. The summed E-state index contributed by atoms with van der Waals surface area (Å²) in [6.07, 6.45) is 0.456. The third kappa shape index (κ3) is 3.96. The van der Waals surface area contributed by atoms with Crippen molar-refractivity contribution in [2.24, 2.45) is 7.05 Å². The number of carbonyl (C=O) groups is 1. The predicted molar refractivity (Wildman–Crippen MR) is 86.4 cm³/mol. The van der Waals surface area contributed by atoms with E-state index in [0.717, 1.165) is 11.3 Å². The molecule has 9 nitrogen and oxygen atoms in total. The highest BCUT2D eigenvalue weighted by Crippen LogP contribution is 2.19. The van der Waals surface area contributed by atoms with Crippen LogP contribution in [0.5, 0.6) is 0 Å². The second-order valence-corrected chi connectivity index (χ2v) is 5.93. The van der Waals surface area contributed by atoms with Gasteiger partial charge in [-0.15, -0.1) is 5.10 Å². The van der Waals surface area contributed by atoms with Gasteiger partial charge in [-0.2, -0.15) is 4.98 Å². The standard InChI is InChI=1S/C14H15N7O2S/c1-9-15-13(23-18-9)7-10-5-3-4-6-11(10)16-12(22)8-24-14-17-19-20-21(14)2/h3-6H,7-8H2,1-2H3,(H,16,22). The van der Waals surface area contributed by atoms with Crippen LogP contribution in [0.1, 0.15) is 17.3 Å². The number of anilines is 1. The number of nitrogens with one attached hydrogen (secondary N) is 1. The van der Waals surface area contributed by atoms with Crippen molar-refractivity contribution in [3.63, 3.8) is 0 Å². The van der Waals surface area contributed by atoms with E-state index in [1.807, 2.05) is 24.3 Å². The summed E-state index contributed by atoms with van der Waals surface area (Å²) in [6.45, 7) is 1.76. The minimum Gasteiger partial charge on any atom is -0.339 e. The van der Waals surface area contributed by atoms with Gasteiger partial charge in [0.05, 0.1) is 12.2 Å². The van der Waals surface area contributed by atoms with Crippen molar-refractivity contribution in [3.8, 4) is 0 Å². The van der Waals surface area contributed by atoms with Crippen LogP contribution in [-0.4, -0.2) is 42.0 Å². The topological polar surface area (TPSA) is 112 Å². The maximum Gasteiger partial charge on any atom is 0.234 e. The normalized spacial score (nSPS) is 10.8. The first-order valence-electron chi connectivity index (χ1n) is 7.14. The molecule has 1 N–H and O–H groups in total. The van der Waals surface area contributed by atoms with Crippen LogP contribution >= 0.6 is 11.8 Å². The summed E-state index contributed by atoms with van der Waals surface area (Å²) in [6, 6.07) is 7.51. The summed E-state index contributed by atoms with van der Waals surface area (Å²) in [5.41, 5.74) is 1.62. The lowest BCUT2D eigenvalue weighted by molar-refractivity contribution is -0.113. The van der Waals surface area contributed by atoms with Crippen LogP contribution in [0.2, 0.25) is 0 Å². The van der Waals surface area contributed by atoms with Crippen molar-refractivity contribution in [1.82, 2.24) is 30.3 Å². The van der Waals surface area contributed by atoms with Crippen molar-refractivity contribution in [3.05, 3.63) is 41.5 Å². The number of aromatic nitrogens is 6. The quantitative estimate of drug-likeness (QED) is 0.664. The lowest BCUT2D eigenvalue weighted by Crippen LogP contribution is -2.16. The molecule has 0 aliphatic carbocycles. The third-order valence-electron chi connectivity index (χ3n) is 3.12. The van der Waals surface area contributed by atoms with Crippen molar-refractivity contribution < 1.29 is 9.32 Å². The van der Waals surface area contributed by atoms with Crippen LogP contribution in [0.25, 0.3) is 0 Å². The molecule has 2 heterocycles. The Morgan fingerprint density at radius 3 is 2.92 bits per heavy atom. The Morgan fingerprint density at radius 1 is 1.38 bits per heavy atom. The summed E-state index contributed by atoms with van der Waals surface area (Å²) in [7, 11) is 1.72. The molecule has 0 saturated carbocycles. The maximum absolute atomic E-state index is 12.2. The number of amides is 1. The second-order valence-electron chi connectivity index (χ2n) is 4.99. The maximum atomic E-state index is 12.2. The van der Waals surface area contributed by atoms with E-state index in [-0.39, 0.29) is 11.7 Å². The van der Waals surface area contributed by atoms with Gasteiger partial charge in [0.2, 0.25) is 17.0 Å². The zero-order chi connectivity index (χ0) is 16.9. The van der Waals surface area contributed by atoms with Crippen LogP contribution < -0.4 is 5.32 Å². The first kappa shape index (κ1) is 16.1. The van der Waals surface area contributed by atoms with Crippen molar-refractivity contribution in [2.45, 2.75) is 18.5 Å². The lowest BCUT2D eigenvalue weighted by atomic mass is 10.1. The number of nitrogens with zero attached hydrogens (tertiary/aromatic N) is 6. The molecular weight excluding hydrogens is 330 g/mol. The molecule has 0 spiro atoms. The van der Waals surface area contributed by atoms with Gasteiger partial charge in [-0.1, -0.05) is 35.1 Å². The summed E-state index contributed by atoms with van der Waals surface area (Å²) in [5.74, 6) is 1.16. The molecule has 0 unspecified atom stereocenters. The number of benzene rings is 1. The largest absolute Gasteiger partial charge is 0.339 e. The molecule has 3 aromatic rings. The lowest BCUT2D eigenvalue weighted by Gasteiger charge is -2.09. The van der Waals surface area contributed by atoms with E-state index in [1.54, 1.807) is 14.0 Å². The number of carbonyl (C=O) groups excluding carboxylic acids is 1. The highest BCUT2D eigenvalue weighted by Gasteiger charge is 2.12. The third-order valence-corrected chi connectivity index (χ3v) is 4.13. The Balaban J connectivity index is 1.64. The van der Waals surface area contributed by atoms with Crippen LogP contribution in [0, 0.1) is 6.92 Å². The van der Waals surface area contributed by atoms with Gasteiger partial charge in [-0.3, -0.25) is 4.79 Å². The second kappa shape index (κ2) is 7.21. The van der Waals surface area contributed by atoms with Gasteiger partial charge >= 0.3 is 0 Å². The van der Waals surface area contributed by atoms with Crippen LogP contribution in [-0.2, 0) is 18.3 Å². The van der Waals surface area contributed by atoms with E-state index in [4.69, 9.17) is 4.52 Å². The van der Waals surface area contributed by atoms with Gasteiger partial charge in [0, 0.05) is 12.7 Å². The molecule has 2 aromatic heterocycles. The molecule has 0 bridgehead atoms. The Labute approximate surface area is 141 Å². The molecule has 10 heteroatoms. The average Bonchev–Trinajstić information content (AvgIpc) is 3.15. The molecule has 24 heavy (non-hydrogen) atoms. The summed E-state index contributed by atoms with van der Waals surface area (Å²) in [4.78, 5) is 16.4. The number of rotatable bonds is 6. The Morgan fingerprint density at radius 2 is 2.21 bits per heavy atom. The highest BCUT2D eigenvalue weighted by molar-refractivity contribution is 7.99. The fourth-order valence-electron chi connectivity index (χ4n) is 2.03. The van der Waals surface area contributed by atoms with Gasteiger partial charge in [-0.25, -0.2) is 4.68 Å². The van der Waals surface area contributed by atoms with E-state index in [9.17, 15) is 4.79 Å². The summed E-state index contributed by atoms with van der Waals surface area (Å²) >= 11 is 1.27. The van der Waals surface area contributed by atoms with Gasteiger partial charge in [-0.05, 0) is 29.0 Å². The Hall–Kier alpha value is -2.75. The van der Waals surface area contributed by atoms with Crippen LogP contribution in [0.15, 0.2) is 33.9 Å². The predicted octanol–water partition coefficient (Wildman–Crippen LogP) is 1.22. The van der Waals surface area contributed by atoms with E-state index in [0.29, 0.717) is 23.3 Å². The first-order chi connectivity index (χ1) is 11.6. The zero-order valence-corrected chi connectivity index (χ0v) is 13.9. The molecule has 3 rings (SSSR count). The molecule has 0 saturated heterocycles. The van der Waals surface area contributed by atoms with Crippen LogP contribution in [0.4, 0.5) is 5.69 Å². The fourth-order valence-corrected chi connectivity index (χ4v) is 2.68. The minimum absolute atomic E-state index is 0.142. The number of aryl methyl sites for hydroxylation is 2. The molecule has 0 atom stereocenters. The molecular formula is C14H15N7O2S. The molecule has 0 fully saturated rings. The molecule has 0 radical (unpaired) electrons. The van der Waals surface area contributed by atoms with Crippen molar-refractivity contribution in [2.75, 3.05) is 11.1 Å². The van der Waals surface area contributed by atoms with Gasteiger partial charge < -0.3 is 9.84 Å². The first-order valence-corrected chi connectivity index (χ1v) is 8.12. The van der Waals surface area contributed by atoms with Gasteiger partial charge in [0.25, 0.3) is 0 Å². The molecule has 124 valence electrons. The number of tetrazole rings is 1.